The molecule has 0 aliphatic heterocycles. The maximum Gasteiger partial charge on any atom is 0.160 e. The van der Waals surface area contributed by atoms with Crippen LogP contribution >= 0.6 is 0 Å². The number of carbonyl (C=O) groups is 1. The number of phenols is 1. The summed E-state index contributed by atoms with van der Waals surface area (Å²) in [6.07, 6.45) is 5.33. The predicted molar refractivity (Wildman–Crippen MR) is 82.6 cm³/mol. The molecule has 1 aromatic rings. The molecule has 0 aromatic heterocycles. The lowest BCUT2D eigenvalue weighted by molar-refractivity contribution is -0.121. The molecule has 0 fully saturated rings. The number of aliphatic hydroxyl groups excluding tert-OH is 1. The van der Waals surface area contributed by atoms with Crippen molar-refractivity contribution in [1.29, 1.82) is 0 Å². The molecular formula is C17H26O4. The topological polar surface area (TPSA) is 66.8 Å². The van der Waals surface area contributed by atoms with Crippen molar-refractivity contribution in [2.75, 3.05) is 7.11 Å². The van der Waals surface area contributed by atoms with Crippen LogP contribution < -0.4 is 4.74 Å². The quantitative estimate of drug-likeness (QED) is 0.645. The molecule has 0 bridgehead atoms. The van der Waals surface area contributed by atoms with Crippen molar-refractivity contribution in [3.8, 4) is 11.5 Å². The molecule has 1 rings (SSSR count). The summed E-state index contributed by atoms with van der Waals surface area (Å²) in [6.45, 7) is 2.16. The molecule has 0 aliphatic carbocycles. The lowest BCUT2D eigenvalue weighted by Crippen LogP contribution is -2.06. The Balaban J connectivity index is 2.41. The molecular weight excluding hydrogens is 268 g/mol. The largest absolute Gasteiger partial charge is 0.504 e. The van der Waals surface area contributed by atoms with Crippen LogP contribution in [-0.4, -0.2) is 23.1 Å². The molecule has 21 heavy (non-hydrogen) atoms. The number of aliphatic hydroxyl groups is 1. The lowest BCUT2D eigenvalue weighted by Gasteiger charge is -2.12. The summed E-state index contributed by atoms with van der Waals surface area (Å²) in [5.41, 5.74) is 0.587. The fourth-order valence-corrected chi connectivity index (χ4v) is 2.26. The van der Waals surface area contributed by atoms with Crippen LogP contribution in [0.25, 0.3) is 0 Å². The summed E-state index contributed by atoms with van der Waals surface area (Å²) in [5, 5.41) is 19.6. The van der Waals surface area contributed by atoms with Crippen LogP contribution in [0.5, 0.6) is 11.5 Å². The molecule has 0 saturated heterocycles. The minimum absolute atomic E-state index is 0.0238. The van der Waals surface area contributed by atoms with Gasteiger partial charge < -0.3 is 14.9 Å². The molecule has 0 heterocycles. The van der Waals surface area contributed by atoms with Gasteiger partial charge in [-0.05, 0) is 24.1 Å². The SMILES string of the molecule is CCCCCCCC(=O)CC(O)c1ccc(O)c(OC)c1. The molecule has 118 valence electrons. The first kappa shape index (κ1) is 17.5. The normalized spacial score (nSPS) is 12.1. The zero-order chi connectivity index (χ0) is 15.7. The van der Waals surface area contributed by atoms with Crippen molar-refractivity contribution in [2.45, 2.75) is 58.0 Å². The first-order chi connectivity index (χ1) is 10.1. The Labute approximate surface area is 126 Å². The van der Waals surface area contributed by atoms with Gasteiger partial charge in [-0.15, -0.1) is 0 Å². The van der Waals surface area contributed by atoms with E-state index in [4.69, 9.17) is 4.74 Å². The molecule has 1 unspecified atom stereocenters. The molecule has 4 heteroatoms. The fraction of sp³-hybridized carbons (Fsp3) is 0.588. The Morgan fingerprint density at radius 3 is 2.62 bits per heavy atom. The maximum atomic E-state index is 11.8. The molecule has 4 nitrogen and oxygen atoms in total. The minimum atomic E-state index is -0.845. The second kappa shape index (κ2) is 9.40. The monoisotopic (exact) mass is 294 g/mol. The van der Waals surface area contributed by atoms with Crippen LogP contribution in [0.4, 0.5) is 0 Å². The van der Waals surface area contributed by atoms with E-state index >= 15 is 0 Å². The zero-order valence-electron chi connectivity index (χ0n) is 13.0. The summed E-state index contributed by atoms with van der Waals surface area (Å²) in [7, 11) is 1.45. The highest BCUT2D eigenvalue weighted by Gasteiger charge is 2.14. The van der Waals surface area contributed by atoms with Gasteiger partial charge in [-0.2, -0.15) is 0 Å². The summed E-state index contributed by atoms with van der Waals surface area (Å²) < 4.78 is 5.00. The number of carbonyl (C=O) groups excluding carboxylic acids is 1. The molecule has 0 spiro atoms. The lowest BCUT2D eigenvalue weighted by atomic mass is 10.0. The third-order valence-electron chi connectivity index (χ3n) is 3.57. The highest BCUT2D eigenvalue weighted by Crippen LogP contribution is 2.30. The van der Waals surface area contributed by atoms with Gasteiger partial charge in [0.25, 0.3) is 0 Å². The highest BCUT2D eigenvalue weighted by molar-refractivity contribution is 5.79. The average molecular weight is 294 g/mol. The first-order valence-corrected chi connectivity index (χ1v) is 7.65. The second-order valence-electron chi connectivity index (χ2n) is 5.35. The van der Waals surface area contributed by atoms with Crippen LogP contribution in [0.15, 0.2) is 18.2 Å². The Bertz CT molecular complexity index is 442. The Kier molecular flexibility index (Phi) is 7.83. The summed E-state index contributed by atoms with van der Waals surface area (Å²) in [5.74, 6) is 0.403. The van der Waals surface area contributed by atoms with Gasteiger partial charge in [0, 0.05) is 12.8 Å². The zero-order valence-corrected chi connectivity index (χ0v) is 13.0. The van der Waals surface area contributed by atoms with E-state index in [0.717, 1.165) is 12.8 Å². The Morgan fingerprint density at radius 2 is 1.95 bits per heavy atom. The van der Waals surface area contributed by atoms with Gasteiger partial charge in [0.05, 0.1) is 13.2 Å². The number of methoxy groups -OCH3 is 1. The minimum Gasteiger partial charge on any atom is -0.504 e. The fourth-order valence-electron chi connectivity index (χ4n) is 2.26. The number of ketones is 1. The van der Waals surface area contributed by atoms with Crippen LogP contribution in [0.1, 0.15) is 63.5 Å². The van der Waals surface area contributed by atoms with Crippen LogP contribution in [0.2, 0.25) is 0 Å². The van der Waals surface area contributed by atoms with Gasteiger partial charge >= 0.3 is 0 Å². The van der Waals surface area contributed by atoms with E-state index in [2.05, 4.69) is 6.92 Å². The number of benzene rings is 1. The molecule has 0 radical (unpaired) electrons. The summed E-state index contributed by atoms with van der Waals surface area (Å²) in [6, 6.07) is 4.64. The number of phenolic OH excluding ortho intramolecular Hbond substituents is 1. The first-order valence-electron chi connectivity index (χ1n) is 7.65. The summed E-state index contributed by atoms with van der Waals surface area (Å²) in [4.78, 5) is 11.8. The second-order valence-corrected chi connectivity index (χ2v) is 5.35. The van der Waals surface area contributed by atoms with E-state index in [9.17, 15) is 15.0 Å². The molecule has 1 atom stereocenters. The Hall–Kier alpha value is -1.55. The van der Waals surface area contributed by atoms with E-state index in [1.165, 1.54) is 32.4 Å². The summed E-state index contributed by atoms with van der Waals surface area (Å²) >= 11 is 0. The van der Waals surface area contributed by atoms with E-state index < -0.39 is 6.10 Å². The average Bonchev–Trinajstić information content (AvgIpc) is 2.47. The predicted octanol–water partition coefficient (Wildman–Crippen LogP) is 3.75. The van der Waals surface area contributed by atoms with E-state index in [1.54, 1.807) is 12.1 Å². The van der Waals surface area contributed by atoms with Crippen molar-refractivity contribution in [3.63, 3.8) is 0 Å². The molecule has 2 N–H and O–H groups in total. The number of Topliss-reactive ketones (excluding diaryl/α,β-unsaturated/α-hetero) is 1. The third-order valence-corrected chi connectivity index (χ3v) is 3.57. The molecule has 1 aromatic carbocycles. The van der Waals surface area contributed by atoms with Crippen molar-refractivity contribution in [2.24, 2.45) is 0 Å². The van der Waals surface area contributed by atoms with Gasteiger partial charge in [-0.3, -0.25) is 4.79 Å². The number of ether oxygens (including phenoxy) is 1. The van der Waals surface area contributed by atoms with Gasteiger partial charge in [-0.1, -0.05) is 38.7 Å². The third kappa shape index (κ3) is 6.17. The van der Waals surface area contributed by atoms with E-state index in [1.807, 2.05) is 0 Å². The van der Waals surface area contributed by atoms with Crippen molar-refractivity contribution in [3.05, 3.63) is 23.8 Å². The van der Waals surface area contributed by atoms with Gasteiger partial charge in [0.2, 0.25) is 0 Å². The van der Waals surface area contributed by atoms with Crippen LogP contribution in [-0.2, 0) is 4.79 Å². The van der Waals surface area contributed by atoms with Crippen molar-refractivity contribution < 1.29 is 19.7 Å². The smallest absolute Gasteiger partial charge is 0.160 e. The van der Waals surface area contributed by atoms with Gasteiger partial charge in [0.15, 0.2) is 11.5 Å². The number of rotatable bonds is 10. The number of hydrogen-bond acceptors (Lipinski definition) is 4. The van der Waals surface area contributed by atoms with Crippen molar-refractivity contribution >= 4 is 5.78 Å². The molecule has 0 saturated carbocycles. The standard InChI is InChI=1S/C17H26O4/c1-3-4-5-6-7-8-14(18)12-16(20)13-9-10-15(19)17(11-13)21-2/h9-11,16,19-20H,3-8,12H2,1-2H3. The Morgan fingerprint density at radius 1 is 1.24 bits per heavy atom. The number of aromatic hydroxyl groups is 1. The molecule has 0 amide bonds. The number of unbranched alkanes of at least 4 members (excludes halogenated alkanes) is 4. The van der Waals surface area contributed by atoms with E-state index in [0.29, 0.717) is 17.7 Å². The van der Waals surface area contributed by atoms with Gasteiger partial charge in [-0.25, -0.2) is 0 Å². The number of hydrogen-bond donors (Lipinski definition) is 2. The van der Waals surface area contributed by atoms with Gasteiger partial charge in [0.1, 0.15) is 5.78 Å². The van der Waals surface area contributed by atoms with Crippen LogP contribution in [0.3, 0.4) is 0 Å². The van der Waals surface area contributed by atoms with Crippen molar-refractivity contribution in [1.82, 2.24) is 0 Å². The van der Waals surface area contributed by atoms with E-state index in [-0.39, 0.29) is 18.0 Å². The highest BCUT2D eigenvalue weighted by atomic mass is 16.5. The molecule has 0 aliphatic rings. The van der Waals surface area contributed by atoms with Crippen LogP contribution in [0, 0.1) is 0 Å². The maximum absolute atomic E-state index is 11.8.